The van der Waals surface area contributed by atoms with Crippen LogP contribution in [-0.2, 0) is 6.42 Å². The minimum atomic E-state index is 0.0879. The van der Waals surface area contributed by atoms with E-state index in [1.807, 2.05) is 24.3 Å². The maximum atomic E-state index is 12.0. The first-order chi connectivity index (χ1) is 8.06. The van der Waals surface area contributed by atoms with Gasteiger partial charge in [0.15, 0.2) is 5.78 Å². The van der Waals surface area contributed by atoms with Crippen LogP contribution in [0.25, 0.3) is 0 Å². The average molecular weight is 395 g/mol. The molecule has 5 heteroatoms. The Labute approximate surface area is 125 Å². The van der Waals surface area contributed by atoms with E-state index in [2.05, 4.69) is 31.9 Å². The molecule has 1 heterocycles. The van der Waals surface area contributed by atoms with Gasteiger partial charge >= 0.3 is 0 Å². The van der Waals surface area contributed by atoms with E-state index in [1.54, 1.807) is 6.07 Å². The molecule has 1 aromatic carbocycles. The van der Waals surface area contributed by atoms with Gasteiger partial charge in [-0.2, -0.15) is 0 Å². The standard InChI is InChI=1S/C12H7Br2ClOS/c13-8-2-1-7(9(15)6-8)5-10(16)11-3-4-12(14)17-11/h1-4,6H,5H2. The smallest absolute Gasteiger partial charge is 0.177 e. The molecule has 0 unspecified atom stereocenters. The van der Waals surface area contributed by atoms with Crippen LogP contribution in [0.3, 0.4) is 0 Å². The zero-order chi connectivity index (χ0) is 12.4. The Morgan fingerprint density at radius 1 is 1.24 bits per heavy atom. The number of carbonyl (C=O) groups excluding carboxylic acids is 1. The van der Waals surface area contributed by atoms with E-state index in [4.69, 9.17) is 11.6 Å². The lowest BCUT2D eigenvalue weighted by molar-refractivity contribution is 0.0997. The fraction of sp³-hybridized carbons (Fsp3) is 0.0833. The summed E-state index contributed by atoms with van der Waals surface area (Å²) in [6.45, 7) is 0. The third-order valence-electron chi connectivity index (χ3n) is 2.21. The molecule has 0 saturated heterocycles. The summed E-state index contributed by atoms with van der Waals surface area (Å²) in [6.07, 6.45) is 0.332. The minimum Gasteiger partial charge on any atom is -0.293 e. The SMILES string of the molecule is O=C(Cc1ccc(Br)cc1Cl)c1ccc(Br)s1. The Balaban J connectivity index is 2.18. The number of hydrogen-bond acceptors (Lipinski definition) is 2. The van der Waals surface area contributed by atoms with Gasteiger partial charge in [0.05, 0.1) is 8.66 Å². The predicted octanol–water partition coefficient (Wildman–Crippen LogP) is 5.35. The molecule has 0 bridgehead atoms. The molecule has 0 aliphatic heterocycles. The van der Waals surface area contributed by atoms with Crippen LogP contribution in [0.1, 0.15) is 15.2 Å². The number of carbonyl (C=O) groups is 1. The van der Waals surface area contributed by atoms with Crippen molar-refractivity contribution in [2.45, 2.75) is 6.42 Å². The molecule has 0 fully saturated rings. The van der Waals surface area contributed by atoms with Gasteiger partial charge in [-0.3, -0.25) is 4.79 Å². The van der Waals surface area contributed by atoms with Crippen molar-refractivity contribution >= 4 is 60.6 Å². The Morgan fingerprint density at radius 2 is 2.00 bits per heavy atom. The van der Waals surface area contributed by atoms with Gasteiger partial charge in [0, 0.05) is 15.9 Å². The molecular weight excluding hydrogens is 387 g/mol. The second kappa shape index (κ2) is 5.65. The summed E-state index contributed by atoms with van der Waals surface area (Å²) in [4.78, 5) is 12.7. The van der Waals surface area contributed by atoms with E-state index in [-0.39, 0.29) is 5.78 Å². The van der Waals surface area contributed by atoms with Crippen molar-refractivity contribution < 1.29 is 4.79 Å². The molecule has 0 amide bonds. The normalized spacial score (nSPS) is 10.5. The van der Waals surface area contributed by atoms with Gasteiger partial charge in [-0.1, -0.05) is 33.6 Å². The van der Waals surface area contributed by atoms with Gasteiger partial charge in [0.1, 0.15) is 0 Å². The Morgan fingerprint density at radius 3 is 2.59 bits per heavy atom. The van der Waals surface area contributed by atoms with Crippen LogP contribution in [0.5, 0.6) is 0 Å². The van der Waals surface area contributed by atoms with Crippen molar-refractivity contribution in [3.63, 3.8) is 0 Å². The lowest BCUT2D eigenvalue weighted by Gasteiger charge is -2.03. The Hall–Kier alpha value is -0.160. The highest BCUT2D eigenvalue weighted by molar-refractivity contribution is 9.11. The van der Waals surface area contributed by atoms with Crippen LogP contribution in [0.2, 0.25) is 5.02 Å². The van der Waals surface area contributed by atoms with Gasteiger partial charge in [-0.15, -0.1) is 11.3 Å². The van der Waals surface area contributed by atoms with Gasteiger partial charge in [-0.25, -0.2) is 0 Å². The maximum absolute atomic E-state index is 12.0. The Kier molecular flexibility index (Phi) is 4.42. The van der Waals surface area contributed by atoms with Crippen molar-refractivity contribution in [2.24, 2.45) is 0 Å². The third-order valence-corrected chi connectivity index (χ3v) is 4.72. The third kappa shape index (κ3) is 3.41. The van der Waals surface area contributed by atoms with E-state index in [0.29, 0.717) is 11.4 Å². The lowest BCUT2D eigenvalue weighted by Crippen LogP contribution is -2.01. The zero-order valence-electron chi connectivity index (χ0n) is 8.54. The summed E-state index contributed by atoms with van der Waals surface area (Å²) in [5, 5.41) is 0.614. The maximum Gasteiger partial charge on any atom is 0.177 e. The van der Waals surface area contributed by atoms with Crippen molar-refractivity contribution in [1.29, 1.82) is 0 Å². The fourth-order valence-electron chi connectivity index (χ4n) is 1.39. The minimum absolute atomic E-state index is 0.0879. The highest BCUT2D eigenvalue weighted by Gasteiger charge is 2.11. The number of benzene rings is 1. The van der Waals surface area contributed by atoms with Crippen molar-refractivity contribution in [3.05, 3.63) is 54.1 Å². The average Bonchev–Trinajstić information content (AvgIpc) is 2.69. The largest absolute Gasteiger partial charge is 0.293 e. The van der Waals surface area contributed by atoms with Crippen LogP contribution in [-0.4, -0.2) is 5.78 Å². The second-order valence-corrected chi connectivity index (χ2v) is 7.23. The summed E-state index contributed by atoms with van der Waals surface area (Å²) in [6, 6.07) is 9.26. The molecule has 0 aliphatic carbocycles. The first-order valence-corrected chi connectivity index (χ1v) is 7.57. The van der Waals surface area contributed by atoms with Gasteiger partial charge < -0.3 is 0 Å². The number of Topliss-reactive ketones (excluding diaryl/α,β-unsaturated/α-hetero) is 1. The van der Waals surface area contributed by atoms with E-state index in [9.17, 15) is 4.79 Å². The molecule has 0 aliphatic rings. The van der Waals surface area contributed by atoms with Gasteiger partial charge in [0.2, 0.25) is 0 Å². The molecule has 1 aromatic heterocycles. The van der Waals surface area contributed by atoms with Crippen LogP contribution in [0.15, 0.2) is 38.6 Å². The monoisotopic (exact) mass is 392 g/mol. The molecule has 0 N–H and O–H groups in total. The van der Waals surface area contributed by atoms with Crippen molar-refractivity contribution in [3.8, 4) is 0 Å². The predicted molar refractivity (Wildman–Crippen MR) is 79.2 cm³/mol. The van der Waals surface area contributed by atoms with Crippen LogP contribution >= 0.6 is 54.8 Å². The molecule has 0 radical (unpaired) electrons. The first-order valence-electron chi connectivity index (χ1n) is 4.79. The van der Waals surface area contributed by atoms with Crippen LogP contribution < -0.4 is 0 Å². The Bertz CT molecular complexity index is 565. The molecular formula is C12H7Br2ClOS. The van der Waals surface area contributed by atoms with Crippen LogP contribution in [0, 0.1) is 0 Å². The van der Waals surface area contributed by atoms with E-state index < -0.39 is 0 Å². The lowest BCUT2D eigenvalue weighted by atomic mass is 10.1. The van der Waals surface area contributed by atoms with Crippen molar-refractivity contribution in [1.82, 2.24) is 0 Å². The van der Waals surface area contributed by atoms with E-state index >= 15 is 0 Å². The summed E-state index contributed by atoms with van der Waals surface area (Å²) in [5.41, 5.74) is 0.851. The summed E-state index contributed by atoms with van der Waals surface area (Å²) in [5.74, 6) is 0.0879. The highest BCUT2D eigenvalue weighted by atomic mass is 79.9. The number of rotatable bonds is 3. The molecule has 17 heavy (non-hydrogen) atoms. The summed E-state index contributed by atoms with van der Waals surface area (Å²) >= 11 is 14.2. The molecule has 88 valence electrons. The van der Waals surface area contributed by atoms with Crippen molar-refractivity contribution in [2.75, 3.05) is 0 Å². The number of ketones is 1. The number of hydrogen-bond donors (Lipinski definition) is 0. The topological polar surface area (TPSA) is 17.1 Å². The zero-order valence-corrected chi connectivity index (χ0v) is 13.3. The quantitative estimate of drug-likeness (QED) is 0.641. The van der Waals surface area contributed by atoms with Crippen LogP contribution in [0.4, 0.5) is 0 Å². The molecule has 0 spiro atoms. The van der Waals surface area contributed by atoms with E-state index in [0.717, 1.165) is 18.7 Å². The number of halogens is 3. The molecule has 0 atom stereocenters. The molecule has 2 aromatic rings. The van der Waals surface area contributed by atoms with Gasteiger partial charge in [0.25, 0.3) is 0 Å². The summed E-state index contributed by atoms with van der Waals surface area (Å²) < 4.78 is 1.88. The second-order valence-electron chi connectivity index (χ2n) is 3.44. The summed E-state index contributed by atoms with van der Waals surface area (Å²) in [7, 11) is 0. The first kappa shape index (κ1) is 13.3. The molecule has 0 saturated carbocycles. The highest BCUT2D eigenvalue weighted by Crippen LogP contribution is 2.26. The van der Waals surface area contributed by atoms with E-state index in [1.165, 1.54) is 11.3 Å². The molecule has 1 nitrogen and oxygen atoms in total. The fourth-order valence-corrected chi connectivity index (χ4v) is 3.45. The van der Waals surface area contributed by atoms with Gasteiger partial charge in [-0.05, 0) is 45.8 Å². The molecule has 2 rings (SSSR count). The number of thiophene rings is 1.